The highest BCUT2D eigenvalue weighted by molar-refractivity contribution is 7.89. The molecule has 0 aliphatic rings. The summed E-state index contributed by atoms with van der Waals surface area (Å²) < 4.78 is 62.9. The first kappa shape index (κ1) is 17.2. The molecule has 0 bridgehead atoms. The Hall–Kier alpha value is -2.13. The van der Waals surface area contributed by atoms with Crippen LogP contribution in [0.4, 0.5) is 19.0 Å². The van der Waals surface area contributed by atoms with E-state index in [4.69, 9.17) is 0 Å². The van der Waals surface area contributed by atoms with Crippen molar-refractivity contribution in [1.29, 1.82) is 0 Å². The zero-order valence-electron chi connectivity index (χ0n) is 12.1. The monoisotopic (exact) mass is 345 g/mol. The third-order valence-electron chi connectivity index (χ3n) is 3.04. The Bertz CT molecular complexity index is 775. The molecule has 0 atom stereocenters. The average molecular weight is 345 g/mol. The number of hydrogen-bond donors (Lipinski definition) is 2. The summed E-state index contributed by atoms with van der Waals surface area (Å²) in [7, 11) is -2.23. The summed E-state index contributed by atoms with van der Waals surface area (Å²) in [6.45, 7) is 0.228. The maximum absolute atomic E-state index is 12.4. The minimum Gasteiger partial charge on any atom is -0.366 e. The molecule has 0 radical (unpaired) electrons. The molecule has 1 heterocycles. The number of rotatable bonds is 5. The Morgan fingerprint density at radius 3 is 2.48 bits per heavy atom. The topological polar surface area (TPSA) is 71.1 Å². The van der Waals surface area contributed by atoms with Gasteiger partial charge in [-0.25, -0.2) is 18.1 Å². The summed E-state index contributed by atoms with van der Waals surface area (Å²) in [5.41, 5.74) is -0.173. The molecule has 1 aromatic carbocycles. The van der Waals surface area contributed by atoms with Gasteiger partial charge < -0.3 is 5.32 Å². The maximum atomic E-state index is 12.4. The number of pyridine rings is 1. The van der Waals surface area contributed by atoms with E-state index in [-0.39, 0.29) is 17.3 Å². The number of sulfonamides is 1. The molecule has 0 unspecified atom stereocenters. The zero-order chi connectivity index (χ0) is 17.1. The SMILES string of the molecule is CNS(=O)(=O)c1cccc(CNc2ccc(C(F)(F)F)cn2)c1. The second kappa shape index (κ2) is 6.55. The molecule has 1 aromatic heterocycles. The van der Waals surface area contributed by atoms with Gasteiger partial charge in [-0.2, -0.15) is 13.2 Å². The Morgan fingerprint density at radius 2 is 1.91 bits per heavy atom. The second-order valence-corrected chi connectivity index (χ2v) is 6.52. The molecule has 2 rings (SSSR count). The van der Waals surface area contributed by atoms with E-state index in [0.29, 0.717) is 5.56 Å². The van der Waals surface area contributed by atoms with Crippen LogP contribution in [0.25, 0.3) is 0 Å². The van der Waals surface area contributed by atoms with Crippen LogP contribution in [0.3, 0.4) is 0 Å². The first-order valence-electron chi connectivity index (χ1n) is 6.52. The highest BCUT2D eigenvalue weighted by atomic mass is 32.2. The molecule has 5 nitrogen and oxygen atoms in total. The lowest BCUT2D eigenvalue weighted by Crippen LogP contribution is -2.18. The lowest BCUT2D eigenvalue weighted by Gasteiger charge is -2.09. The van der Waals surface area contributed by atoms with Gasteiger partial charge in [-0.05, 0) is 36.9 Å². The summed E-state index contributed by atoms with van der Waals surface area (Å²) in [6, 6.07) is 8.36. The first-order chi connectivity index (χ1) is 10.7. The first-order valence-corrected chi connectivity index (χ1v) is 8.00. The van der Waals surface area contributed by atoms with Crippen molar-refractivity contribution in [2.45, 2.75) is 17.6 Å². The summed E-state index contributed by atoms with van der Waals surface area (Å²) in [5.74, 6) is 0.264. The molecule has 9 heteroatoms. The lowest BCUT2D eigenvalue weighted by atomic mass is 10.2. The van der Waals surface area contributed by atoms with Gasteiger partial charge in [-0.1, -0.05) is 12.1 Å². The van der Waals surface area contributed by atoms with Crippen LogP contribution >= 0.6 is 0 Å². The van der Waals surface area contributed by atoms with Crippen LogP contribution in [-0.4, -0.2) is 20.4 Å². The summed E-state index contributed by atoms with van der Waals surface area (Å²) in [5, 5.41) is 2.84. The smallest absolute Gasteiger partial charge is 0.366 e. The van der Waals surface area contributed by atoms with E-state index in [1.54, 1.807) is 12.1 Å². The van der Waals surface area contributed by atoms with Crippen LogP contribution in [-0.2, 0) is 22.7 Å². The number of halogens is 3. The normalized spacial score (nSPS) is 12.2. The minimum absolute atomic E-state index is 0.111. The van der Waals surface area contributed by atoms with Crippen LogP contribution in [0, 0.1) is 0 Å². The zero-order valence-corrected chi connectivity index (χ0v) is 12.9. The van der Waals surface area contributed by atoms with Gasteiger partial charge in [0.25, 0.3) is 0 Å². The highest BCUT2D eigenvalue weighted by Gasteiger charge is 2.30. The van der Waals surface area contributed by atoms with Gasteiger partial charge in [0.1, 0.15) is 5.82 Å². The van der Waals surface area contributed by atoms with Crippen LogP contribution in [0.5, 0.6) is 0 Å². The van der Waals surface area contributed by atoms with Gasteiger partial charge in [0.05, 0.1) is 10.5 Å². The largest absolute Gasteiger partial charge is 0.417 e. The maximum Gasteiger partial charge on any atom is 0.417 e. The van der Waals surface area contributed by atoms with Crippen molar-refractivity contribution < 1.29 is 21.6 Å². The van der Waals surface area contributed by atoms with Crippen molar-refractivity contribution >= 4 is 15.8 Å². The van der Waals surface area contributed by atoms with Crippen molar-refractivity contribution in [3.63, 3.8) is 0 Å². The van der Waals surface area contributed by atoms with Gasteiger partial charge >= 0.3 is 6.18 Å². The van der Waals surface area contributed by atoms with Crippen molar-refractivity contribution in [3.05, 3.63) is 53.7 Å². The quantitative estimate of drug-likeness (QED) is 0.874. The summed E-state index contributed by atoms with van der Waals surface area (Å²) in [6.07, 6.45) is -3.69. The molecule has 0 saturated heterocycles. The Kier molecular flexibility index (Phi) is 4.90. The predicted molar refractivity (Wildman–Crippen MR) is 79.3 cm³/mol. The van der Waals surface area contributed by atoms with Crippen LogP contribution in [0.15, 0.2) is 47.5 Å². The third-order valence-corrected chi connectivity index (χ3v) is 4.45. The number of aromatic nitrogens is 1. The fraction of sp³-hybridized carbons (Fsp3) is 0.214. The number of anilines is 1. The van der Waals surface area contributed by atoms with Crippen LogP contribution in [0.2, 0.25) is 0 Å². The average Bonchev–Trinajstić information content (AvgIpc) is 2.53. The van der Waals surface area contributed by atoms with Crippen molar-refractivity contribution in [3.8, 4) is 0 Å². The van der Waals surface area contributed by atoms with Gasteiger partial charge in [0.15, 0.2) is 0 Å². The van der Waals surface area contributed by atoms with Crippen LogP contribution in [0.1, 0.15) is 11.1 Å². The Morgan fingerprint density at radius 1 is 1.17 bits per heavy atom. The van der Waals surface area contributed by atoms with Gasteiger partial charge in [-0.15, -0.1) is 0 Å². The van der Waals surface area contributed by atoms with E-state index in [1.807, 2.05) is 0 Å². The Balaban J connectivity index is 2.08. The summed E-state index contributed by atoms with van der Waals surface area (Å²) >= 11 is 0. The fourth-order valence-electron chi connectivity index (χ4n) is 1.80. The molecule has 124 valence electrons. The molecule has 0 aliphatic carbocycles. The van der Waals surface area contributed by atoms with Gasteiger partial charge in [-0.3, -0.25) is 0 Å². The molecule has 23 heavy (non-hydrogen) atoms. The number of nitrogens with one attached hydrogen (secondary N) is 2. The molecular weight excluding hydrogens is 331 g/mol. The number of nitrogens with zero attached hydrogens (tertiary/aromatic N) is 1. The molecule has 0 spiro atoms. The molecule has 2 N–H and O–H groups in total. The second-order valence-electron chi connectivity index (χ2n) is 4.64. The standard InChI is InChI=1S/C14H14F3N3O2S/c1-18-23(21,22)12-4-2-3-10(7-12)8-19-13-6-5-11(9-20-13)14(15,16)17/h2-7,9,18H,8H2,1H3,(H,19,20). The van der Waals surface area contributed by atoms with Crippen LogP contribution < -0.4 is 10.0 Å². The van der Waals surface area contributed by atoms with E-state index in [1.165, 1.54) is 25.2 Å². The van der Waals surface area contributed by atoms with E-state index in [0.717, 1.165) is 12.3 Å². The predicted octanol–water partition coefficient (Wildman–Crippen LogP) is 2.62. The van der Waals surface area contributed by atoms with Crippen molar-refractivity contribution in [1.82, 2.24) is 9.71 Å². The number of benzene rings is 1. The van der Waals surface area contributed by atoms with E-state index in [9.17, 15) is 21.6 Å². The molecule has 0 saturated carbocycles. The molecule has 0 amide bonds. The number of hydrogen-bond acceptors (Lipinski definition) is 4. The van der Waals surface area contributed by atoms with Crippen molar-refractivity contribution in [2.75, 3.05) is 12.4 Å². The lowest BCUT2D eigenvalue weighted by molar-refractivity contribution is -0.137. The third kappa shape index (κ3) is 4.42. The van der Waals surface area contributed by atoms with E-state index >= 15 is 0 Å². The van der Waals surface area contributed by atoms with Crippen molar-refractivity contribution in [2.24, 2.45) is 0 Å². The molecular formula is C14H14F3N3O2S. The molecule has 0 aliphatic heterocycles. The highest BCUT2D eigenvalue weighted by Crippen LogP contribution is 2.28. The molecule has 2 aromatic rings. The van der Waals surface area contributed by atoms with Gasteiger partial charge in [0, 0.05) is 12.7 Å². The fourth-order valence-corrected chi connectivity index (χ4v) is 2.60. The number of alkyl halides is 3. The van der Waals surface area contributed by atoms with E-state index < -0.39 is 21.8 Å². The Labute approximate surface area is 131 Å². The minimum atomic E-state index is -4.43. The van der Waals surface area contributed by atoms with E-state index in [2.05, 4.69) is 15.0 Å². The summed E-state index contributed by atoms with van der Waals surface area (Å²) in [4.78, 5) is 3.80. The molecule has 0 fully saturated rings. The van der Waals surface area contributed by atoms with Gasteiger partial charge in [0.2, 0.25) is 10.0 Å².